The molecule has 17 N–H and O–H groups in total. The summed E-state index contributed by atoms with van der Waals surface area (Å²) >= 11 is 18.0. The molecule has 0 saturated heterocycles. The van der Waals surface area contributed by atoms with Gasteiger partial charge in [-0.2, -0.15) is 102 Å². The van der Waals surface area contributed by atoms with Crippen LogP contribution in [0.1, 0.15) is 5.56 Å². The van der Waals surface area contributed by atoms with Crippen LogP contribution in [0, 0.1) is 0 Å². The average Bonchev–Trinajstić information content (AvgIpc) is 1.67. The van der Waals surface area contributed by atoms with Crippen LogP contribution in [0.2, 0.25) is 15.1 Å². The van der Waals surface area contributed by atoms with Gasteiger partial charge in [0.2, 0.25) is 27.9 Å². The molecule has 0 spiro atoms. The first kappa shape index (κ1) is 91.7. The van der Waals surface area contributed by atoms with E-state index >= 15 is 0 Å². The highest BCUT2D eigenvalue weighted by atomic mass is 35.5. The van der Waals surface area contributed by atoms with Crippen molar-refractivity contribution < 1.29 is 35.8 Å². The van der Waals surface area contributed by atoms with E-state index in [1.165, 1.54) is 111 Å². The molecule has 0 bridgehead atoms. The molecule has 48 nitrogen and oxygen atoms in total. The predicted octanol–water partition coefficient (Wildman–Crippen LogP) is 8.65. The first-order chi connectivity index (χ1) is 65.9. The van der Waals surface area contributed by atoms with E-state index in [0.717, 1.165) is 21.5 Å². The fourth-order valence-corrected chi connectivity index (χ4v) is 13.9. The SMILES string of the molecule is COc1ccc(-n2nc3c(N)n[nH]c3cc2=O)cc1OC.COc1cccc(-n2nc3c(Nc4ncccn4)n[nH]c3cc2=O)c1.Nc1n[nH]c2cc(=O)n(-c3cccc(Cl)c3)nc12.Nc1n[nH]c2cc(=O)n(-c3cccc(S(N)(=O)=O)c3)nc12.O=c1cc2[nH]nc(Nc3ncccn3)c2nn1-c1ccc(Cl)cc1Cl.O=c1cc2[nH]nc(Nc3ncccn3)c2nn1-c1cccc(C(F)(F)F)c1. The van der Waals surface area contributed by atoms with Gasteiger partial charge >= 0.3 is 6.18 Å². The van der Waals surface area contributed by atoms with Crippen molar-refractivity contribution in [3.8, 4) is 51.4 Å². The summed E-state index contributed by atoms with van der Waals surface area (Å²) in [5.74, 6) is 4.38. The van der Waals surface area contributed by atoms with Crippen molar-refractivity contribution >= 4 is 164 Å². The molecular weight excluding hydrogens is 1870 g/mol. The van der Waals surface area contributed by atoms with Crippen LogP contribution in [0.4, 0.5) is 65.9 Å². The number of methoxy groups -OCH3 is 3. The lowest BCUT2D eigenvalue weighted by atomic mass is 10.2. The van der Waals surface area contributed by atoms with Gasteiger partial charge in [-0.3, -0.25) is 59.4 Å². The lowest BCUT2D eigenvalue weighted by Gasteiger charge is -2.10. The van der Waals surface area contributed by atoms with Crippen LogP contribution in [0.3, 0.4) is 0 Å². The molecule has 15 heterocycles. The number of anilines is 9. The lowest BCUT2D eigenvalue weighted by molar-refractivity contribution is -0.137. The largest absolute Gasteiger partial charge is 0.497 e. The van der Waals surface area contributed by atoms with E-state index < -0.39 is 32.9 Å². The summed E-state index contributed by atoms with van der Waals surface area (Å²) in [7, 11) is 0.758. The third-order valence-corrected chi connectivity index (χ3v) is 20.7. The molecule has 690 valence electrons. The predicted molar refractivity (Wildman–Crippen MR) is 497 cm³/mol. The first-order valence-corrected chi connectivity index (χ1v) is 41.8. The molecule has 55 heteroatoms. The summed E-state index contributed by atoms with van der Waals surface area (Å²) < 4.78 is 84.0. The molecule has 21 rings (SSSR count). The zero-order chi connectivity index (χ0) is 96.5. The van der Waals surface area contributed by atoms with Crippen molar-refractivity contribution in [2.24, 2.45) is 5.14 Å². The van der Waals surface area contributed by atoms with E-state index in [2.05, 4.69) is 138 Å². The van der Waals surface area contributed by atoms with Gasteiger partial charge in [0.15, 0.2) is 79.5 Å². The fourth-order valence-electron chi connectivity index (χ4n) is 12.7. The Labute approximate surface area is 775 Å². The van der Waals surface area contributed by atoms with Crippen LogP contribution >= 0.6 is 34.8 Å². The van der Waals surface area contributed by atoms with Crippen LogP contribution in [-0.4, -0.2) is 180 Å². The molecule has 0 aliphatic rings. The summed E-state index contributed by atoms with van der Waals surface area (Å²) in [5.41, 5.74) is 21.3. The highest BCUT2D eigenvalue weighted by molar-refractivity contribution is 7.89. The molecule has 0 atom stereocenters. The first-order valence-electron chi connectivity index (χ1n) is 39.1. The van der Waals surface area contributed by atoms with E-state index in [-0.39, 0.29) is 73.2 Å². The molecule has 0 unspecified atom stereocenters. The second-order valence-electron chi connectivity index (χ2n) is 28.0. The van der Waals surface area contributed by atoms with Gasteiger partial charge in [-0.05, 0) is 115 Å². The monoisotopic (exact) mass is 1940 g/mol. The topological polar surface area (TPSA) is 661 Å². The van der Waals surface area contributed by atoms with E-state index in [1.807, 2.05) is 0 Å². The Morgan fingerprint density at radius 2 is 0.693 bits per heavy atom. The standard InChI is InChI=1S/C16H10F3N7O.C16H13N7O2.C15H9Cl2N7O.C13H13N5O3.C11H8ClN5O.C11H10N6O3S/c17-16(18,19)9-3-1-4-10(7-9)26-12(27)8-11-13(25-26)14(24-23-11)22-15-20-5-2-6-21-15;1-25-11-5-2-4-10(8-11)23-13(24)9-12-14(22-23)15(21-20-12)19-16-17-6-3-7-18-16;16-8-2-3-11(9(17)6-8)24-12(25)7-10-13(23-24)14(22-21-10)20-15-18-4-1-5-19-15;1-20-9-4-3-7(5-10(9)21-2)18-11(19)6-8-12(17-18)13(14)16-15-8;12-6-2-1-3-7(4-6)17-9(18)5-8-10(16-17)11(13)15-14-8;12-11-10-8(14-15-11)5-9(18)17(16-10)6-2-1-3-7(4-6)21(13,19)20/h1-8,23H,(H,20,21,22,24);2-9,20H,1H3,(H,17,18,19,21);1-7,21H,(H,18,19,20,22);3-6,15H,1-2H3,(H2,14,16);1-5,14H,(H2,13,15);1-5,14H,(H2,12,15)(H2,13,19,20). The van der Waals surface area contributed by atoms with Gasteiger partial charge in [0.25, 0.3) is 33.4 Å². The minimum atomic E-state index is -4.53. The van der Waals surface area contributed by atoms with Crippen LogP contribution in [0.15, 0.2) is 259 Å². The van der Waals surface area contributed by atoms with Crippen LogP contribution < -0.4 is 85.9 Å². The zero-order valence-corrected chi connectivity index (χ0v) is 73.2. The molecule has 137 heavy (non-hydrogen) atoms. The lowest BCUT2D eigenvalue weighted by Crippen LogP contribution is -2.21. The van der Waals surface area contributed by atoms with E-state index in [0.29, 0.717) is 139 Å². The fraction of sp³-hybridized carbons (Fsp3) is 0.0488. The smallest absolute Gasteiger partial charge is 0.416 e. The molecule has 15 aromatic heterocycles. The van der Waals surface area contributed by atoms with Gasteiger partial charge in [0, 0.05) is 95.8 Å². The molecule has 0 aliphatic heterocycles. The zero-order valence-electron chi connectivity index (χ0n) is 70.1. The summed E-state index contributed by atoms with van der Waals surface area (Å²) in [6.07, 6.45) is 4.94. The Balaban J connectivity index is 0.000000120. The number of ether oxygens (including phenoxy) is 3. The normalized spacial score (nSPS) is 11.2. The third-order valence-electron chi connectivity index (χ3n) is 19.0. The minimum absolute atomic E-state index is 0.0140. The quantitative estimate of drug-likeness (QED) is 0.0430. The number of hydrogen-bond acceptors (Lipinski definition) is 35. The number of aromatic amines is 6. The van der Waals surface area contributed by atoms with E-state index in [1.54, 1.807) is 142 Å². The summed E-state index contributed by atoms with van der Waals surface area (Å²) in [6.45, 7) is 0. The van der Waals surface area contributed by atoms with Crippen LogP contribution in [0.25, 0.3) is 100 Å². The van der Waals surface area contributed by atoms with Gasteiger partial charge in [0.05, 0.1) is 104 Å². The summed E-state index contributed by atoms with van der Waals surface area (Å²) in [4.78, 5) is 97.3. The molecule has 0 radical (unpaired) electrons. The number of aromatic nitrogens is 30. The Hall–Kier alpha value is -18.6. The second kappa shape index (κ2) is 39.2. The second-order valence-corrected chi connectivity index (χ2v) is 30.8. The Bertz CT molecular complexity index is 8610. The van der Waals surface area contributed by atoms with Crippen LogP contribution in [-0.2, 0) is 16.2 Å². The molecule has 6 aromatic carbocycles. The molecule has 0 aliphatic carbocycles. The van der Waals surface area contributed by atoms with Gasteiger partial charge in [-0.1, -0.05) is 59.1 Å². The molecular formula is C82H63Cl3F3N37O11S. The van der Waals surface area contributed by atoms with Crippen molar-refractivity contribution in [1.82, 2.24) is 150 Å². The molecule has 21 aromatic rings. The number of sulfonamides is 1. The number of nitrogens with zero attached hydrogens (tertiary/aromatic N) is 24. The number of fused-ring (bicyclic) bond motifs is 6. The van der Waals surface area contributed by atoms with Gasteiger partial charge in [0.1, 0.15) is 5.75 Å². The number of primary sulfonamides is 1. The average molecular weight is 1940 g/mol. The van der Waals surface area contributed by atoms with Gasteiger partial charge in [-0.15, -0.1) is 0 Å². The van der Waals surface area contributed by atoms with E-state index in [4.69, 9.17) is 71.4 Å². The number of nitrogens with one attached hydrogen (secondary N) is 9. The maximum Gasteiger partial charge on any atom is 0.416 e. The third kappa shape index (κ3) is 20.6. The number of alkyl halides is 3. The maximum absolute atomic E-state index is 12.9. The van der Waals surface area contributed by atoms with Gasteiger partial charge < -0.3 is 47.4 Å². The van der Waals surface area contributed by atoms with E-state index in [9.17, 15) is 50.4 Å². The minimum Gasteiger partial charge on any atom is -0.497 e. The Morgan fingerprint density at radius 1 is 0.350 bits per heavy atom. The Kier molecular flexibility index (Phi) is 26.3. The summed E-state index contributed by atoms with van der Waals surface area (Å²) in [5, 5.41) is 80.2. The number of rotatable bonds is 16. The molecule has 0 saturated carbocycles. The van der Waals surface area contributed by atoms with Crippen LogP contribution in [0.5, 0.6) is 17.2 Å². The van der Waals surface area contributed by atoms with Crippen molar-refractivity contribution in [3.63, 3.8) is 0 Å². The Morgan fingerprint density at radius 3 is 1.09 bits per heavy atom. The molecule has 0 amide bonds. The van der Waals surface area contributed by atoms with Crippen molar-refractivity contribution in [1.29, 1.82) is 0 Å². The maximum atomic E-state index is 12.9. The number of benzene rings is 6. The van der Waals surface area contributed by atoms with Crippen molar-refractivity contribution in [3.05, 3.63) is 308 Å². The van der Waals surface area contributed by atoms with Crippen molar-refractivity contribution in [2.45, 2.75) is 11.1 Å². The summed E-state index contributed by atoms with van der Waals surface area (Å²) in [6, 6.07) is 46.9. The number of H-pyrrole nitrogens is 6. The highest BCUT2D eigenvalue weighted by Gasteiger charge is 2.31. The highest BCUT2D eigenvalue weighted by Crippen LogP contribution is 2.33. The number of nitrogens with two attached hydrogens (primary N) is 4. The van der Waals surface area contributed by atoms with Crippen molar-refractivity contribution in [2.75, 3.05) is 54.5 Å². The van der Waals surface area contributed by atoms with Gasteiger partial charge in [-0.25, -0.2) is 43.5 Å². The molecule has 0 fully saturated rings. The number of hydrogen-bond donors (Lipinski definition) is 13. The number of nitrogen functional groups attached to an aromatic ring is 3. The number of halogens is 6.